The molecule has 1 aliphatic rings. The molecule has 0 atom stereocenters. The number of nitrogens with one attached hydrogen (secondary N) is 1. The van der Waals surface area contributed by atoms with Crippen LogP contribution in [0.5, 0.6) is 0 Å². The lowest BCUT2D eigenvalue weighted by molar-refractivity contribution is -0.272. The Morgan fingerprint density at radius 1 is 1.42 bits per heavy atom. The van der Waals surface area contributed by atoms with Crippen LogP contribution in [0.3, 0.4) is 0 Å². The highest BCUT2D eigenvalue weighted by Gasteiger charge is 2.54. The molecular formula is C15H18F3N3O3. The number of furan rings is 1. The van der Waals surface area contributed by atoms with Gasteiger partial charge in [-0.25, -0.2) is 0 Å². The van der Waals surface area contributed by atoms with Gasteiger partial charge in [0.15, 0.2) is 5.60 Å². The Hall–Kier alpha value is -2.05. The predicted octanol–water partition coefficient (Wildman–Crippen LogP) is 2.10. The first-order valence-corrected chi connectivity index (χ1v) is 7.39. The van der Waals surface area contributed by atoms with Crippen molar-refractivity contribution in [2.24, 2.45) is 0 Å². The molecule has 1 fully saturated rings. The number of piperidine rings is 1. The summed E-state index contributed by atoms with van der Waals surface area (Å²) in [7, 11) is 0. The van der Waals surface area contributed by atoms with Gasteiger partial charge in [-0.3, -0.25) is 15.0 Å². The summed E-state index contributed by atoms with van der Waals surface area (Å²) < 4.78 is 43.5. The molecule has 2 heterocycles. The predicted molar refractivity (Wildman–Crippen MR) is 78.2 cm³/mol. The summed E-state index contributed by atoms with van der Waals surface area (Å²) in [5.41, 5.74) is -1.84. The van der Waals surface area contributed by atoms with Gasteiger partial charge in [-0.05, 0) is 26.7 Å². The summed E-state index contributed by atoms with van der Waals surface area (Å²) in [4.78, 5) is 13.5. The second-order valence-electron chi connectivity index (χ2n) is 5.95. The molecule has 9 heteroatoms. The number of likely N-dealkylation sites (tertiary alicyclic amines) is 1. The summed E-state index contributed by atoms with van der Waals surface area (Å²) in [6.45, 7) is 3.11. The van der Waals surface area contributed by atoms with Gasteiger partial charge in [-0.2, -0.15) is 18.4 Å². The van der Waals surface area contributed by atoms with Crippen molar-refractivity contribution in [3.63, 3.8) is 0 Å². The maximum atomic E-state index is 12.7. The van der Waals surface area contributed by atoms with Gasteiger partial charge >= 0.3 is 6.18 Å². The van der Waals surface area contributed by atoms with Gasteiger partial charge in [0.05, 0.1) is 6.54 Å². The third kappa shape index (κ3) is 3.55. The lowest BCUT2D eigenvalue weighted by Crippen LogP contribution is -2.54. The Morgan fingerprint density at radius 2 is 2.00 bits per heavy atom. The average molecular weight is 345 g/mol. The molecule has 1 aromatic heterocycles. The van der Waals surface area contributed by atoms with Crippen LogP contribution in [0.25, 0.3) is 0 Å². The van der Waals surface area contributed by atoms with Crippen LogP contribution in [0.4, 0.5) is 19.1 Å². The Kier molecular flexibility index (Phi) is 4.92. The molecule has 0 radical (unpaired) electrons. The van der Waals surface area contributed by atoms with Crippen LogP contribution >= 0.6 is 0 Å². The van der Waals surface area contributed by atoms with Gasteiger partial charge in [-0.1, -0.05) is 0 Å². The van der Waals surface area contributed by atoms with Crippen LogP contribution in [0.2, 0.25) is 0 Å². The Bertz CT molecular complexity index is 668. The maximum absolute atomic E-state index is 12.7. The first kappa shape index (κ1) is 18.3. The zero-order valence-electron chi connectivity index (χ0n) is 13.3. The van der Waals surface area contributed by atoms with Gasteiger partial charge in [0, 0.05) is 18.7 Å². The van der Waals surface area contributed by atoms with E-state index < -0.39 is 30.5 Å². The Balaban J connectivity index is 1.94. The minimum Gasteiger partial charge on any atom is -0.444 e. The highest BCUT2D eigenvalue weighted by atomic mass is 19.4. The molecule has 0 aliphatic carbocycles. The number of rotatable bonds is 3. The highest BCUT2D eigenvalue weighted by molar-refractivity contribution is 5.92. The standard InChI is InChI=1S/C15H18F3N3O3/c1-9-10(2)24-13(11(9)7-19)20-12(22)8-21-5-3-14(23,4-6-21)15(16,17)18/h23H,3-6,8H2,1-2H3,(H,20,22). The Morgan fingerprint density at radius 3 is 2.50 bits per heavy atom. The number of hydrogen-bond acceptors (Lipinski definition) is 5. The fourth-order valence-electron chi connectivity index (χ4n) is 2.58. The summed E-state index contributed by atoms with van der Waals surface area (Å²) in [6, 6.07) is 1.94. The quantitative estimate of drug-likeness (QED) is 0.876. The van der Waals surface area contributed by atoms with Gasteiger partial charge in [-0.15, -0.1) is 0 Å². The molecule has 0 aromatic carbocycles. The third-order valence-electron chi connectivity index (χ3n) is 4.33. The van der Waals surface area contributed by atoms with E-state index in [1.807, 2.05) is 6.07 Å². The van der Waals surface area contributed by atoms with Crippen molar-refractivity contribution in [1.29, 1.82) is 5.26 Å². The van der Waals surface area contributed by atoms with E-state index in [0.717, 1.165) is 0 Å². The molecule has 24 heavy (non-hydrogen) atoms. The number of nitriles is 1. The number of carbonyl (C=O) groups excluding carboxylic acids is 1. The minimum atomic E-state index is -4.67. The molecule has 0 bridgehead atoms. The number of alkyl halides is 3. The van der Waals surface area contributed by atoms with Crippen molar-refractivity contribution < 1.29 is 27.5 Å². The number of nitrogens with zero attached hydrogens (tertiary/aromatic N) is 2. The van der Waals surface area contributed by atoms with Crippen LogP contribution in [0.1, 0.15) is 29.7 Å². The number of aliphatic hydroxyl groups is 1. The van der Waals surface area contributed by atoms with Crippen LogP contribution in [0.15, 0.2) is 4.42 Å². The normalized spacial score (nSPS) is 18.2. The average Bonchev–Trinajstić information content (AvgIpc) is 2.74. The minimum absolute atomic E-state index is 0.0429. The van der Waals surface area contributed by atoms with E-state index in [2.05, 4.69) is 5.32 Å². The lowest BCUT2D eigenvalue weighted by atomic mass is 9.91. The summed E-state index contributed by atoms with van der Waals surface area (Å²) in [5, 5.41) is 21.1. The molecule has 132 valence electrons. The molecule has 1 saturated heterocycles. The van der Waals surface area contributed by atoms with E-state index in [1.54, 1.807) is 13.8 Å². The van der Waals surface area contributed by atoms with Crippen molar-refractivity contribution in [2.75, 3.05) is 25.0 Å². The van der Waals surface area contributed by atoms with Crippen LogP contribution in [-0.2, 0) is 4.79 Å². The van der Waals surface area contributed by atoms with E-state index in [1.165, 1.54) is 4.90 Å². The van der Waals surface area contributed by atoms with E-state index in [9.17, 15) is 23.1 Å². The van der Waals surface area contributed by atoms with E-state index >= 15 is 0 Å². The van der Waals surface area contributed by atoms with Gasteiger partial charge in [0.2, 0.25) is 11.8 Å². The van der Waals surface area contributed by atoms with Crippen LogP contribution < -0.4 is 5.32 Å². The monoisotopic (exact) mass is 345 g/mol. The van der Waals surface area contributed by atoms with Crippen molar-refractivity contribution in [1.82, 2.24) is 4.90 Å². The van der Waals surface area contributed by atoms with E-state index in [-0.39, 0.29) is 31.1 Å². The van der Waals surface area contributed by atoms with Crippen molar-refractivity contribution in [3.05, 3.63) is 16.9 Å². The second kappa shape index (κ2) is 6.45. The van der Waals surface area contributed by atoms with E-state index in [0.29, 0.717) is 11.3 Å². The van der Waals surface area contributed by atoms with Crippen molar-refractivity contribution >= 4 is 11.8 Å². The molecule has 0 saturated carbocycles. The molecule has 2 rings (SSSR count). The number of hydrogen-bond donors (Lipinski definition) is 2. The number of anilines is 1. The van der Waals surface area contributed by atoms with Crippen LogP contribution in [-0.4, -0.2) is 47.3 Å². The van der Waals surface area contributed by atoms with Crippen LogP contribution in [0, 0.1) is 25.2 Å². The second-order valence-corrected chi connectivity index (χ2v) is 5.95. The first-order chi connectivity index (χ1) is 11.1. The molecule has 0 spiro atoms. The molecule has 0 unspecified atom stereocenters. The topological polar surface area (TPSA) is 89.5 Å². The molecule has 1 amide bonds. The Labute approximate surface area is 136 Å². The summed E-state index contributed by atoms with van der Waals surface area (Å²) in [6.07, 6.45) is -5.63. The molecule has 1 aliphatic heterocycles. The smallest absolute Gasteiger partial charge is 0.417 e. The zero-order valence-corrected chi connectivity index (χ0v) is 13.3. The molecular weight excluding hydrogens is 327 g/mol. The van der Waals surface area contributed by atoms with Gasteiger partial charge in [0.25, 0.3) is 0 Å². The summed E-state index contributed by atoms with van der Waals surface area (Å²) >= 11 is 0. The number of aryl methyl sites for hydroxylation is 1. The number of halogens is 3. The SMILES string of the molecule is Cc1oc(NC(=O)CN2CCC(O)(C(F)(F)F)CC2)c(C#N)c1C. The molecule has 2 N–H and O–H groups in total. The fourth-order valence-corrected chi connectivity index (χ4v) is 2.58. The van der Waals surface area contributed by atoms with Crippen molar-refractivity contribution in [3.8, 4) is 6.07 Å². The molecule has 1 aromatic rings. The van der Waals surface area contributed by atoms with E-state index in [4.69, 9.17) is 9.68 Å². The first-order valence-electron chi connectivity index (χ1n) is 7.39. The third-order valence-corrected chi connectivity index (χ3v) is 4.33. The van der Waals surface area contributed by atoms with Crippen molar-refractivity contribution in [2.45, 2.75) is 38.5 Å². The number of carbonyl (C=O) groups is 1. The van der Waals surface area contributed by atoms with Gasteiger partial charge < -0.3 is 9.52 Å². The maximum Gasteiger partial charge on any atom is 0.417 e. The highest BCUT2D eigenvalue weighted by Crippen LogP contribution is 2.38. The summed E-state index contributed by atoms with van der Waals surface area (Å²) in [5.74, 6) is 0.0640. The number of amides is 1. The zero-order chi connectivity index (χ0) is 18.1. The fraction of sp³-hybridized carbons (Fsp3) is 0.600. The largest absolute Gasteiger partial charge is 0.444 e. The lowest BCUT2D eigenvalue weighted by Gasteiger charge is -2.38. The molecule has 6 nitrogen and oxygen atoms in total. The van der Waals surface area contributed by atoms with Gasteiger partial charge in [0.1, 0.15) is 17.4 Å².